The molecule has 0 radical (unpaired) electrons. The molecule has 0 saturated carbocycles. The topological polar surface area (TPSA) is 15.3 Å². The van der Waals surface area contributed by atoms with E-state index in [4.69, 9.17) is 0 Å². The molecule has 0 aromatic heterocycles. The lowest BCUT2D eigenvalue weighted by atomic mass is 9.98. The summed E-state index contributed by atoms with van der Waals surface area (Å²) in [4.78, 5) is 2.52. The number of nitrogens with zero attached hydrogens (tertiary/aromatic N) is 1. The first kappa shape index (κ1) is 15.9. The molecule has 2 atom stereocenters. The van der Waals surface area contributed by atoms with Crippen molar-refractivity contribution in [1.82, 2.24) is 10.2 Å². The predicted octanol–water partition coefficient (Wildman–Crippen LogP) is 3.27. The van der Waals surface area contributed by atoms with Crippen molar-refractivity contribution >= 4 is 0 Å². The van der Waals surface area contributed by atoms with Crippen LogP contribution in [0.2, 0.25) is 0 Å². The summed E-state index contributed by atoms with van der Waals surface area (Å²) >= 11 is 0. The fourth-order valence-corrected chi connectivity index (χ4v) is 2.31. The Balaban J connectivity index is 4.42. The zero-order valence-electron chi connectivity index (χ0n) is 12.2. The molecule has 2 heteroatoms. The van der Waals surface area contributed by atoms with Crippen LogP contribution in [-0.2, 0) is 0 Å². The van der Waals surface area contributed by atoms with Crippen LogP contribution >= 0.6 is 0 Å². The van der Waals surface area contributed by atoms with Crippen LogP contribution in [0.25, 0.3) is 0 Å². The molecule has 0 aromatic rings. The van der Waals surface area contributed by atoms with E-state index >= 15 is 0 Å². The van der Waals surface area contributed by atoms with Crippen LogP contribution < -0.4 is 5.32 Å². The number of likely N-dealkylation sites (N-methyl/N-ethyl adjacent to an activating group) is 1. The lowest BCUT2D eigenvalue weighted by Gasteiger charge is -2.37. The second kappa shape index (κ2) is 9.00. The molecule has 1 N–H and O–H groups in total. The van der Waals surface area contributed by atoms with Crippen LogP contribution in [0.3, 0.4) is 0 Å². The van der Waals surface area contributed by atoms with E-state index in [1.165, 1.54) is 25.7 Å². The van der Waals surface area contributed by atoms with Crippen molar-refractivity contribution in [3.63, 3.8) is 0 Å². The van der Waals surface area contributed by atoms with Crippen molar-refractivity contribution in [2.45, 2.75) is 78.4 Å². The van der Waals surface area contributed by atoms with Crippen molar-refractivity contribution in [2.75, 3.05) is 13.6 Å². The Bertz CT molecular complexity index is 157. The largest absolute Gasteiger partial charge is 0.312 e. The fourth-order valence-electron chi connectivity index (χ4n) is 2.31. The third kappa shape index (κ3) is 5.31. The molecule has 0 rings (SSSR count). The minimum Gasteiger partial charge on any atom is -0.312 e. The van der Waals surface area contributed by atoms with Gasteiger partial charge in [0.05, 0.1) is 0 Å². The van der Waals surface area contributed by atoms with Crippen molar-refractivity contribution in [3.05, 3.63) is 0 Å². The van der Waals surface area contributed by atoms with Gasteiger partial charge in [-0.05, 0) is 46.7 Å². The Morgan fingerprint density at radius 1 is 1.06 bits per heavy atom. The summed E-state index contributed by atoms with van der Waals surface area (Å²) in [6, 6.07) is 1.96. The summed E-state index contributed by atoms with van der Waals surface area (Å²) in [6.07, 6.45) is 5.01. The van der Waals surface area contributed by atoms with Crippen LogP contribution in [0, 0.1) is 0 Å². The minimum absolute atomic E-state index is 0.632. The van der Waals surface area contributed by atoms with Crippen LogP contribution in [-0.4, -0.2) is 36.6 Å². The molecule has 2 unspecified atom stereocenters. The summed E-state index contributed by atoms with van der Waals surface area (Å²) in [5.41, 5.74) is 0. The van der Waals surface area contributed by atoms with Gasteiger partial charge in [-0.3, -0.25) is 4.90 Å². The number of hydrogen-bond acceptors (Lipinski definition) is 2. The first-order chi connectivity index (χ1) is 7.58. The van der Waals surface area contributed by atoms with E-state index in [0.29, 0.717) is 18.1 Å². The van der Waals surface area contributed by atoms with Gasteiger partial charge < -0.3 is 5.32 Å². The zero-order valence-corrected chi connectivity index (χ0v) is 12.2. The van der Waals surface area contributed by atoms with E-state index < -0.39 is 0 Å². The fraction of sp³-hybridized carbons (Fsp3) is 1.00. The van der Waals surface area contributed by atoms with Gasteiger partial charge in [0.15, 0.2) is 0 Å². The lowest BCUT2D eigenvalue weighted by Crippen LogP contribution is -2.50. The Hall–Kier alpha value is -0.0800. The van der Waals surface area contributed by atoms with E-state index in [1.807, 2.05) is 0 Å². The van der Waals surface area contributed by atoms with Gasteiger partial charge in [-0.1, -0.05) is 27.2 Å². The Kier molecular flexibility index (Phi) is 8.96. The number of nitrogens with one attached hydrogen (secondary N) is 1. The highest BCUT2D eigenvalue weighted by Crippen LogP contribution is 2.14. The second-order valence-corrected chi connectivity index (χ2v) is 5.08. The standard InChI is InChI=1S/C14H32N2/c1-7-10-13(15-11-8-2)14(9-3)16(6)12(4)5/h12-15H,7-11H2,1-6H3. The monoisotopic (exact) mass is 228 g/mol. The maximum absolute atomic E-state index is 3.72. The summed E-state index contributed by atoms with van der Waals surface area (Å²) in [5, 5.41) is 3.72. The molecule has 0 amide bonds. The molecule has 0 saturated heterocycles. The first-order valence-electron chi connectivity index (χ1n) is 7.03. The van der Waals surface area contributed by atoms with E-state index in [1.54, 1.807) is 0 Å². The Labute approximate surface area is 103 Å². The minimum atomic E-state index is 0.632. The van der Waals surface area contributed by atoms with Gasteiger partial charge in [0.1, 0.15) is 0 Å². The molecule has 0 spiro atoms. The molecule has 0 heterocycles. The van der Waals surface area contributed by atoms with Gasteiger partial charge >= 0.3 is 0 Å². The van der Waals surface area contributed by atoms with Crippen molar-refractivity contribution in [1.29, 1.82) is 0 Å². The maximum atomic E-state index is 3.72. The molecule has 0 aromatic carbocycles. The van der Waals surface area contributed by atoms with Crippen molar-refractivity contribution in [2.24, 2.45) is 0 Å². The Morgan fingerprint density at radius 3 is 2.06 bits per heavy atom. The van der Waals surface area contributed by atoms with E-state index in [9.17, 15) is 0 Å². The van der Waals surface area contributed by atoms with E-state index in [-0.39, 0.29) is 0 Å². The van der Waals surface area contributed by atoms with Crippen LogP contribution in [0.15, 0.2) is 0 Å². The smallest absolute Gasteiger partial charge is 0.0246 e. The third-order valence-electron chi connectivity index (χ3n) is 3.48. The van der Waals surface area contributed by atoms with E-state index in [2.05, 4.69) is 51.9 Å². The quantitative estimate of drug-likeness (QED) is 0.651. The van der Waals surface area contributed by atoms with Crippen LogP contribution in [0.1, 0.15) is 60.3 Å². The van der Waals surface area contributed by atoms with Gasteiger partial charge in [0.2, 0.25) is 0 Å². The second-order valence-electron chi connectivity index (χ2n) is 5.08. The third-order valence-corrected chi connectivity index (χ3v) is 3.48. The molecule has 0 aliphatic rings. The molecular weight excluding hydrogens is 196 g/mol. The maximum Gasteiger partial charge on any atom is 0.0246 e. The average Bonchev–Trinajstić information content (AvgIpc) is 2.26. The molecule has 0 aliphatic carbocycles. The zero-order chi connectivity index (χ0) is 12.6. The number of hydrogen-bond donors (Lipinski definition) is 1. The highest BCUT2D eigenvalue weighted by atomic mass is 15.2. The number of rotatable bonds is 9. The Morgan fingerprint density at radius 2 is 1.69 bits per heavy atom. The summed E-state index contributed by atoms with van der Waals surface area (Å²) < 4.78 is 0. The van der Waals surface area contributed by atoms with Gasteiger partial charge in [0, 0.05) is 18.1 Å². The molecule has 16 heavy (non-hydrogen) atoms. The molecule has 0 fully saturated rings. The summed E-state index contributed by atoms with van der Waals surface area (Å²) in [6.45, 7) is 12.5. The van der Waals surface area contributed by atoms with Gasteiger partial charge in [-0.25, -0.2) is 0 Å². The normalized spacial score (nSPS) is 15.8. The molecular formula is C14H32N2. The molecule has 98 valence electrons. The average molecular weight is 228 g/mol. The van der Waals surface area contributed by atoms with Crippen LogP contribution in [0.5, 0.6) is 0 Å². The van der Waals surface area contributed by atoms with Crippen molar-refractivity contribution < 1.29 is 0 Å². The van der Waals surface area contributed by atoms with Crippen LogP contribution in [0.4, 0.5) is 0 Å². The predicted molar refractivity (Wildman–Crippen MR) is 74.0 cm³/mol. The molecule has 0 bridgehead atoms. The highest BCUT2D eigenvalue weighted by Gasteiger charge is 2.23. The van der Waals surface area contributed by atoms with Gasteiger partial charge in [0.25, 0.3) is 0 Å². The molecule has 2 nitrogen and oxygen atoms in total. The highest BCUT2D eigenvalue weighted by molar-refractivity contribution is 4.83. The lowest BCUT2D eigenvalue weighted by molar-refractivity contribution is 0.145. The summed E-state index contributed by atoms with van der Waals surface area (Å²) in [7, 11) is 2.26. The van der Waals surface area contributed by atoms with Gasteiger partial charge in [-0.2, -0.15) is 0 Å². The van der Waals surface area contributed by atoms with Gasteiger partial charge in [-0.15, -0.1) is 0 Å². The molecule has 0 aliphatic heterocycles. The van der Waals surface area contributed by atoms with Crippen molar-refractivity contribution in [3.8, 4) is 0 Å². The first-order valence-corrected chi connectivity index (χ1v) is 7.03. The summed E-state index contributed by atoms with van der Waals surface area (Å²) in [5.74, 6) is 0. The van der Waals surface area contributed by atoms with E-state index in [0.717, 1.165) is 6.54 Å². The SMILES string of the molecule is CCCNC(CCC)C(CC)N(C)C(C)C.